The van der Waals surface area contributed by atoms with E-state index in [-0.39, 0.29) is 29.7 Å². The van der Waals surface area contributed by atoms with E-state index in [0.717, 1.165) is 7.11 Å². The number of nitrogens with two attached hydrogens (primary N) is 1. The highest BCUT2D eigenvalue weighted by Crippen LogP contribution is 2.53. The van der Waals surface area contributed by atoms with E-state index in [1.54, 1.807) is 44.4 Å². The normalized spacial score (nSPS) is 28.1. The van der Waals surface area contributed by atoms with Crippen molar-refractivity contribution in [1.29, 1.82) is 0 Å². The second-order valence-corrected chi connectivity index (χ2v) is 11.3. The quantitative estimate of drug-likeness (QED) is 0.156. The number of hydrogen-bond acceptors (Lipinski definition) is 11. The maximum atomic E-state index is 14.0. The third kappa shape index (κ3) is 4.47. The van der Waals surface area contributed by atoms with Gasteiger partial charge in [0.2, 0.25) is 11.7 Å². The molecule has 13 heteroatoms. The van der Waals surface area contributed by atoms with Crippen LogP contribution >= 0.6 is 0 Å². The number of amides is 2. The zero-order valence-corrected chi connectivity index (χ0v) is 23.5. The van der Waals surface area contributed by atoms with Crippen molar-refractivity contribution in [3.63, 3.8) is 0 Å². The number of aromatic hydroxyl groups is 1. The van der Waals surface area contributed by atoms with Gasteiger partial charge >= 0.3 is 11.9 Å². The fraction of sp³-hybridized carbons (Fsp3) is 0.367. The molecule has 43 heavy (non-hydrogen) atoms. The molecule has 2 saturated carbocycles. The van der Waals surface area contributed by atoms with Gasteiger partial charge in [0.25, 0.3) is 0 Å². The topological polar surface area (TPSA) is 217 Å². The van der Waals surface area contributed by atoms with E-state index >= 15 is 0 Å². The van der Waals surface area contributed by atoms with Gasteiger partial charge in [-0.1, -0.05) is 18.2 Å². The first-order valence-electron chi connectivity index (χ1n) is 13.5. The van der Waals surface area contributed by atoms with Crippen molar-refractivity contribution in [3.05, 3.63) is 53.1 Å². The number of methoxy groups -OCH3 is 1. The Kier molecular flexibility index (Phi) is 7.37. The van der Waals surface area contributed by atoms with Gasteiger partial charge in [0, 0.05) is 23.2 Å². The zero-order valence-electron chi connectivity index (χ0n) is 23.5. The van der Waals surface area contributed by atoms with Gasteiger partial charge in [0.15, 0.2) is 11.4 Å². The lowest BCUT2D eigenvalue weighted by Crippen LogP contribution is -2.73. The number of likely N-dealkylation sites (N-methyl/N-ethyl adjacent to an activating group) is 1. The Morgan fingerprint density at radius 1 is 1.07 bits per heavy atom. The van der Waals surface area contributed by atoms with Crippen LogP contribution in [-0.2, 0) is 35.1 Å². The van der Waals surface area contributed by atoms with Crippen molar-refractivity contribution in [2.45, 2.75) is 30.6 Å². The molecule has 0 radical (unpaired) electrons. The number of ketones is 2. The van der Waals surface area contributed by atoms with Crippen molar-refractivity contribution in [1.82, 2.24) is 4.90 Å². The number of nitrogens with one attached hydrogen (secondary N) is 1. The van der Waals surface area contributed by atoms with Gasteiger partial charge in [-0.05, 0) is 67.7 Å². The highest BCUT2D eigenvalue weighted by Gasteiger charge is 2.67. The Bertz CT molecular complexity index is 1600. The third-order valence-corrected chi connectivity index (χ3v) is 8.80. The van der Waals surface area contributed by atoms with Crippen LogP contribution in [0.3, 0.4) is 0 Å². The average Bonchev–Trinajstić information content (AvgIpc) is 2.94. The minimum atomic E-state index is -2.73. The molecule has 3 aliphatic rings. The third-order valence-electron chi connectivity index (χ3n) is 8.80. The summed E-state index contributed by atoms with van der Waals surface area (Å²) in [4.78, 5) is 64.4. The average molecular weight is 594 g/mol. The summed E-state index contributed by atoms with van der Waals surface area (Å²) in [5.41, 5.74) is 4.42. The van der Waals surface area contributed by atoms with Crippen molar-refractivity contribution in [3.8, 4) is 16.9 Å². The molecule has 0 spiro atoms. The van der Waals surface area contributed by atoms with Crippen LogP contribution in [-0.4, -0.2) is 93.6 Å². The van der Waals surface area contributed by atoms with Crippen LogP contribution in [0.25, 0.3) is 16.9 Å². The van der Waals surface area contributed by atoms with E-state index in [9.17, 15) is 44.4 Å². The Labute approximate surface area is 245 Å². The van der Waals surface area contributed by atoms with Crippen molar-refractivity contribution >= 4 is 40.8 Å². The number of hydrogen-bond donors (Lipinski definition) is 6. The molecule has 226 valence electrons. The van der Waals surface area contributed by atoms with Crippen molar-refractivity contribution in [2.24, 2.45) is 23.5 Å². The number of esters is 1. The fourth-order valence-corrected chi connectivity index (χ4v) is 6.88. The lowest BCUT2D eigenvalue weighted by atomic mass is 9.54. The van der Waals surface area contributed by atoms with E-state index in [0.29, 0.717) is 22.4 Å². The molecular weight excluding hydrogens is 562 g/mol. The van der Waals surface area contributed by atoms with E-state index in [4.69, 9.17) is 5.73 Å². The summed E-state index contributed by atoms with van der Waals surface area (Å²) in [6.07, 6.45) is -1.46. The van der Waals surface area contributed by atoms with Gasteiger partial charge in [0.1, 0.15) is 17.4 Å². The molecule has 7 N–H and O–H groups in total. The number of fused-ring (bicyclic) bond motifs is 3. The second-order valence-electron chi connectivity index (χ2n) is 11.3. The van der Waals surface area contributed by atoms with Crippen molar-refractivity contribution < 1.29 is 49.1 Å². The summed E-state index contributed by atoms with van der Waals surface area (Å²) < 4.78 is 4.40. The number of phenolic OH excluding ortho intramolecular Hbond substituents is 1. The first-order valence-corrected chi connectivity index (χ1v) is 13.5. The maximum absolute atomic E-state index is 14.0. The number of aliphatic hydroxyl groups is 3. The summed E-state index contributed by atoms with van der Waals surface area (Å²) in [5.74, 6) is -10.1. The molecule has 2 aromatic carbocycles. The first-order chi connectivity index (χ1) is 20.2. The number of nitrogens with zero attached hydrogens (tertiary/aromatic N) is 1. The minimum absolute atomic E-state index is 0.00814. The largest absolute Gasteiger partial charge is 0.507 e. The van der Waals surface area contributed by atoms with Crippen LogP contribution in [0.5, 0.6) is 5.75 Å². The standard InChI is InChI=1S/C30H31N3O10/c1-33(2)22-17-11-13-10-16-15(12-4-6-14(7-5-12)32-28(40)29(41)43-3)8-9-18(34)20(16)23(35)19(13)25(37)30(17,42)26(38)21(24(22)36)27(31)39/h4-9,13,17,21-22,24,34-36,42H,10-11H2,1-3H3,(H2,31,39)(H,32,40)/t13-,17-,21?,22-,24?,30-/m1/s1. The monoisotopic (exact) mass is 593 g/mol. The number of benzene rings is 2. The molecule has 0 aromatic heterocycles. The van der Waals surface area contributed by atoms with Gasteiger partial charge in [-0.3, -0.25) is 19.2 Å². The Hall–Kier alpha value is -4.59. The number of anilines is 1. The first kappa shape index (κ1) is 29.9. The molecule has 0 heterocycles. The number of Topliss-reactive ketones (excluding diaryl/α,β-unsaturated/α-hetero) is 2. The SMILES string of the molecule is COC(=O)C(=O)Nc1ccc(-c2ccc(O)c3c2C[C@@H]2C[C@@H]4[C@@H](N(C)C)C(O)C(C(N)=O)C(=O)[C@]4(O)C(=O)C2=C3O)cc1. The summed E-state index contributed by atoms with van der Waals surface area (Å²) in [6, 6.07) is 8.38. The lowest BCUT2D eigenvalue weighted by Gasteiger charge is -2.53. The van der Waals surface area contributed by atoms with E-state index < -0.39 is 70.6 Å². The number of aliphatic hydroxyl groups excluding tert-OH is 2. The van der Waals surface area contributed by atoms with Gasteiger partial charge in [-0.2, -0.15) is 0 Å². The number of carbonyl (C=O) groups excluding carboxylic acids is 5. The van der Waals surface area contributed by atoms with Gasteiger partial charge < -0.3 is 41.1 Å². The second kappa shape index (κ2) is 10.6. The maximum Gasteiger partial charge on any atom is 0.396 e. The molecule has 6 atom stereocenters. The molecule has 2 aromatic rings. The number of ether oxygens (including phenoxy) is 1. The fourth-order valence-electron chi connectivity index (χ4n) is 6.88. The molecule has 0 aliphatic heterocycles. The smallest absolute Gasteiger partial charge is 0.396 e. The lowest BCUT2D eigenvalue weighted by molar-refractivity contribution is -0.184. The molecule has 0 bridgehead atoms. The van der Waals surface area contributed by atoms with Crippen molar-refractivity contribution in [2.75, 3.05) is 26.5 Å². The van der Waals surface area contributed by atoms with Crippen LogP contribution in [0.4, 0.5) is 5.69 Å². The number of primary amides is 1. The van der Waals surface area contributed by atoms with E-state index in [1.165, 1.54) is 11.0 Å². The van der Waals surface area contributed by atoms with Crippen LogP contribution in [0.2, 0.25) is 0 Å². The van der Waals surface area contributed by atoms with Gasteiger partial charge in [0.05, 0.1) is 18.8 Å². The Morgan fingerprint density at radius 3 is 2.30 bits per heavy atom. The molecule has 13 nitrogen and oxygen atoms in total. The summed E-state index contributed by atoms with van der Waals surface area (Å²) in [5, 5.41) is 47.3. The van der Waals surface area contributed by atoms with E-state index in [1.807, 2.05) is 0 Å². The Balaban J connectivity index is 1.59. The highest BCUT2D eigenvalue weighted by molar-refractivity contribution is 6.37. The van der Waals surface area contributed by atoms with Crippen LogP contribution in [0.1, 0.15) is 17.5 Å². The predicted molar refractivity (Wildman–Crippen MR) is 150 cm³/mol. The minimum Gasteiger partial charge on any atom is -0.507 e. The number of rotatable bonds is 4. The molecule has 0 saturated heterocycles. The molecule has 2 fully saturated rings. The summed E-state index contributed by atoms with van der Waals surface area (Å²) in [6.45, 7) is 0. The number of phenols is 1. The highest BCUT2D eigenvalue weighted by atomic mass is 16.5. The number of carbonyl (C=O) groups is 5. The molecular formula is C30H31N3O10. The van der Waals surface area contributed by atoms with Crippen LogP contribution in [0, 0.1) is 17.8 Å². The van der Waals surface area contributed by atoms with Gasteiger partial charge in [-0.25, -0.2) is 4.79 Å². The summed E-state index contributed by atoms with van der Waals surface area (Å²) in [7, 11) is 4.25. The molecule has 2 unspecified atom stereocenters. The van der Waals surface area contributed by atoms with E-state index in [2.05, 4.69) is 10.1 Å². The predicted octanol–water partition coefficient (Wildman–Crippen LogP) is -0.0925. The van der Waals surface area contributed by atoms with Crippen LogP contribution < -0.4 is 11.1 Å². The zero-order chi connectivity index (χ0) is 31.5. The molecule has 2 amide bonds. The Morgan fingerprint density at radius 2 is 1.72 bits per heavy atom. The molecule has 5 rings (SSSR count). The van der Waals surface area contributed by atoms with Gasteiger partial charge in [-0.15, -0.1) is 0 Å². The summed E-state index contributed by atoms with van der Waals surface area (Å²) >= 11 is 0. The van der Waals surface area contributed by atoms with Crippen LogP contribution in [0.15, 0.2) is 42.0 Å². The molecule has 3 aliphatic carbocycles.